The van der Waals surface area contributed by atoms with E-state index in [1.807, 2.05) is 0 Å². The molecular formula is C10H19NO. The van der Waals surface area contributed by atoms with Gasteiger partial charge in [0.15, 0.2) is 0 Å². The average molecular weight is 169 g/mol. The molecule has 0 aromatic heterocycles. The van der Waals surface area contributed by atoms with Crippen LogP contribution in [0.25, 0.3) is 0 Å². The van der Waals surface area contributed by atoms with Crippen LogP contribution in [0, 0.1) is 5.92 Å². The van der Waals surface area contributed by atoms with Gasteiger partial charge in [0.2, 0.25) is 0 Å². The van der Waals surface area contributed by atoms with Crippen molar-refractivity contribution < 1.29 is 4.74 Å². The van der Waals surface area contributed by atoms with Crippen molar-refractivity contribution in [3.63, 3.8) is 0 Å². The number of hydrogen-bond donors (Lipinski definition) is 1. The molecule has 1 saturated carbocycles. The van der Waals surface area contributed by atoms with E-state index >= 15 is 0 Å². The Morgan fingerprint density at radius 3 is 2.25 bits per heavy atom. The summed E-state index contributed by atoms with van der Waals surface area (Å²) in [6.07, 6.45) is 4.05. The second-order valence-electron chi connectivity index (χ2n) is 5.03. The topological polar surface area (TPSA) is 21.3 Å². The second-order valence-corrected chi connectivity index (χ2v) is 5.03. The van der Waals surface area contributed by atoms with Gasteiger partial charge in [0.05, 0.1) is 6.61 Å². The maximum atomic E-state index is 5.85. The molecule has 1 unspecified atom stereocenters. The Morgan fingerprint density at radius 1 is 1.25 bits per heavy atom. The molecule has 1 N–H and O–H groups in total. The fraction of sp³-hybridized carbons (Fsp3) is 1.00. The van der Waals surface area contributed by atoms with Crippen LogP contribution in [0.3, 0.4) is 0 Å². The fourth-order valence-corrected chi connectivity index (χ4v) is 2.25. The zero-order valence-electron chi connectivity index (χ0n) is 8.31. The first kappa shape index (κ1) is 8.52. The van der Waals surface area contributed by atoms with Crippen LogP contribution in [0.5, 0.6) is 0 Å². The molecule has 12 heavy (non-hydrogen) atoms. The summed E-state index contributed by atoms with van der Waals surface area (Å²) in [6, 6.07) is 0. The zero-order valence-corrected chi connectivity index (χ0v) is 8.31. The summed E-state index contributed by atoms with van der Waals surface area (Å²) >= 11 is 0. The van der Waals surface area contributed by atoms with E-state index in [1.54, 1.807) is 0 Å². The third-order valence-corrected chi connectivity index (χ3v) is 3.20. The molecule has 2 aliphatic rings. The lowest BCUT2D eigenvalue weighted by Crippen LogP contribution is -2.52. The molecule has 0 radical (unpaired) electrons. The number of ether oxygens (including phenoxy) is 1. The van der Waals surface area contributed by atoms with Gasteiger partial charge in [-0.2, -0.15) is 0 Å². The van der Waals surface area contributed by atoms with Crippen molar-refractivity contribution >= 4 is 0 Å². The standard InChI is InChI=1S/C10H19NO/c1-9(2)7-12-10(3,11-9)8-5-4-6-8/h8,11H,4-7H2,1-3H3. The SMILES string of the molecule is CC1(C)COC(C)(C2CCC2)N1. The summed E-state index contributed by atoms with van der Waals surface area (Å²) < 4.78 is 5.85. The van der Waals surface area contributed by atoms with Crippen molar-refractivity contribution in [2.24, 2.45) is 5.92 Å². The van der Waals surface area contributed by atoms with Gasteiger partial charge in [-0.3, -0.25) is 5.32 Å². The summed E-state index contributed by atoms with van der Waals surface area (Å²) in [5, 5.41) is 3.59. The van der Waals surface area contributed by atoms with E-state index in [-0.39, 0.29) is 11.3 Å². The Kier molecular flexibility index (Phi) is 1.74. The minimum absolute atomic E-state index is 0.0260. The minimum atomic E-state index is -0.0260. The zero-order chi connectivity index (χ0) is 8.82. The van der Waals surface area contributed by atoms with Crippen LogP contribution in [-0.2, 0) is 4.74 Å². The van der Waals surface area contributed by atoms with Crippen molar-refractivity contribution in [2.75, 3.05) is 6.61 Å². The molecule has 0 aromatic carbocycles. The van der Waals surface area contributed by atoms with Gasteiger partial charge in [0.1, 0.15) is 5.72 Å². The first-order chi connectivity index (χ1) is 5.52. The molecular weight excluding hydrogens is 150 g/mol. The third-order valence-electron chi connectivity index (χ3n) is 3.20. The van der Waals surface area contributed by atoms with E-state index in [0.29, 0.717) is 0 Å². The van der Waals surface area contributed by atoms with Gasteiger partial charge in [-0.1, -0.05) is 6.42 Å². The molecule has 0 spiro atoms. The molecule has 70 valence electrons. The molecule has 1 aliphatic heterocycles. The summed E-state index contributed by atoms with van der Waals surface area (Å²) in [4.78, 5) is 0. The van der Waals surface area contributed by atoms with Crippen LogP contribution in [0.2, 0.25) is 0 Å². The third kappa shape index (κ3) is 1.27. The van der Waals surface area contributed by atoms with Crippen LogP contribution >= 0.6 is 0 Å². The Hall–Kier alpha value is -0.0800. The van der Waals surface area contributed by atoms with Gasteiger partial charge in [0.25, 0.3) is 0 Å². The molecule has 0 aromatic rings. The Morgan fingerprint density at radius 2 is 1.92 bits per heavy atom. The predicted octanol–water partition coefficient (Wildman–Crippen LogP) is 1.90. The molecule has 2 fully saturated rings. The highest BCUT2D eigenvalue weighted by Gasteiger charge is 2.47. The maximum Gasteiger partial charge on any atom is 0.119 e. The Balaban J connectivity index is 2.03. The highest BCUT2D eigenvalue weighted by atomic mass is 16.5. The molecule has 1 atom stereocenters. The van der Waals surface area contributed by atoms with Gasteiger partial charge < -0.3 is 4.74 Å². The van der Waals surface area contributed by atoms with Crippen LogP contribution < -0.4 is 5.32 Å². The van der Waals surface area contributed by atoms with Gasteiger partial charge in [-0.15, -0.1) is 0 Å². The average Bonchev–Trinajstić information content (AvgIpc) is 2.01. The predicted molar refractivity (Wildman–Crippen MR) is 48.9 cm³/mol. The molecule has 1 heterocycles. The van der Waals surface area contributed by atoms with E-state index < -0.39 is 0 Å². The van der Waals surface area contributed by atoms with E-state index in [9.17, 15) is 0 Å². The quantitative estimate of drug-likeness (QED) is 0.647. The van der Waals surface area contributed by atoms with Crippen molar-refractivity contribution in [3.05, 3.63) is 0 Å². The van der Waals surface area contributed by atoms with Crippen molar-refractivity contribution in [1.82, 2.24) is 5.32 Å². The molecule has 2 heteroatoms. The Labute approximate surface area is 74.7 Å². The summed E-state index contributed by atoms with van der Waals surface area (Å²) in [5.41, 5.74) is 0.145. The fourth-order valence-electron chi connectivity index (χ4n) is 2.25. The van der Waals surface area contributed by atoms with Crippen LogP contribution in [-0.4, -0.2) is 17.9 Å². The van der Waals surface area contributed by atoms with Crippen molar-refractivity contribution in [3.8, 4) is 0 Å². The lowest BCUT2D eigenvalue weighted by Gasteiger charge is -2.40. The highest BCUT2D eigenvalue weighted by Crippen LogP contribution is 2.40. The molecule has 1 aliphatic carbocycles. The van der Waals surface area contributed by atoms with E-state index in [1.165, 1.54) is 19.3 Å². The first-order valence-corrected chi connectivity index (χ1v) is 4.95. The molecule has 2 rings (SSSR count). The second kappa shape index (κ2) is 2.46. The largest absolute Gasteiger partial charge is 0.359 e. The monoisotopic (exact) mass is 169 g/mol. The van der Waals surface area contributed by atoms with Gasteiger partial charge in [-0.25, -0.2) is 0 Å². The normalized spacial score (nSPS) is 41.2. The number of nitrogens with one attached hydrogen (secondary N) is 1. The molecule has 0 bridgehead atoms. The Bertz CT molecular complexity index is 186. The summed E-state index contributed by atoms with van der Waals surface area (Å²) in [5.74, 6) is 0.749. The number of hydrogen-bond acceptors (Lipinski definition) is 2. The van der Waals surface area contributed by atoms with Crippen LogP contribution in [0.1, 0.15) is 40.0 Å². The smallest absolute Gasteiger partial charge is 0.119 e. The maximum absolute atomic E-state index is 5.85. The first-order valence-electron chi connectivity index (χ1n) is 4.95. The summed E-state index contributed by atoms with van der Waals surface area (Å²) in [6.45, 7) is 7.46. The van der Waals surface area contributed by atoms with Crippen LogP contribution in [0.4, 0.5) is 0 Å². The van der Waals surface area contributed by atoms with Crippen molar-refractivity contribution in [1.29, 1.82) is 0 Å². The number of rotatable bonds is 1. The summed E-state index contributed by atoms with van der Waals surface area (Å²) in [7, 11) is 0. The van der Waals surface area contributed by atoms with Gasteiger partial charge >= 0.3 is 0 Å². The van der Waals surface area contributed by atoms with Gasteiger partial charge in [-0.05, 0) is 33.6 Å². The lowest BCUT2D eigenvalue weighted by molar-refractivity contribution is -0.0693. The van der Waals surface area contributed by atoms with E-state index in [0.717, 1.165) is 12.5 Å². The van der Waals surface area contributed by atoms with E-state index in [2.05, 4.69) is 26.1 Å². The lowest BCUT2D eigenvalue weighted by atomic mass is 9.78. The molecule has 0 amide bonds. The van der Waals surface area contributed by atoms with Crippen molar-refractivity contribution in [2.45, 2.75) is 51.3 Å². The minimum Gasteiger partial charge on any atom is -0.359 e. The van der Waals surface area contributed by atoms with Crippen LogP contribution in [0.15, 0.2) is 0 Å². The van der Waals surface area contributed by atoms with E-state index in [4.69, 9.17) is 4.74 Å². The highest BCUT2D eigenvalue weighted by molar-refractivity contribution is 4.98. The van der Waals surface area contributed by atoms with Gasteiger partial charge in [0, 0.05) is 11.5 Å². The molecule has 1 saturated heterocycles. The molecule has 2 nitrogen and oxygen atoms in total.